The van der Waals surface area contributed by atoms with E-state index in [1.165, 1.54) is 18.3 Å². The molecule has 0 unspecified atom stereocenters. The highest BCUT2D eigenvalue weighted by Crippen LogP contribution is 2.30. The number of hydrogen-bond donors (Lipinski definition) is 4. The monoisotopic (exact) mass is 482 g/mol. The van der Waals surface area contributed by atoms with E-state index in [1.54, 1.807) is 6.07 Å². The molecule has 1 fully saturated rings. The Morgan fingerprint density at radius 3 is 2.44 bits per heavy atom. The fourth-order valence-electron chi connectivity index (χ4n) is 3.62. The van der Waals surface area contributed by atoms with Crippen LogP contribution >= 0.6 is 11.8 Å². The van der Waals surface area contributed by atoms with Gasteiger partial charge in [-0.3, -0.25) is 10.2 Å². The van der Waals surface area contributed by atoms with E-state index in [0.717, 1.165) is 55.3 Å². The molecule has 34 heavy (non-hydrogen) atoms. The summed E-state index contributed by atoms with van der Waals surface area (Å²) in [6.07, 6.45) is 1.55. The molecule has 176 valence electrons. The summed E-state index contributed by atoms with van der Waals surface area (Å²) in [6, 6.07) is 12.6. The molecule has 0 aliphatic carbocycles. The van der Waals surface area contributed by atoms with Gasteiger partial charge in [0.1, 0.15) is 23.3 Å². The lowest BCUT2D eigenvalue weighted by Crippen LogP contribution is -2.43. The number of amidine groups is 1. The van der Waals surface area contributed by atoms with Crippen molar-refractivity contribution in [3.8, 4) is 0 Å². The molecule has 1 aromatic heterocycles. The number of rotatable bonds is 6. The number of nitrogen functional groups attached to an aromatic ring is 1. The molecule has 0 bridgehead atoms. The summed E-state index contributed by atoms with van der Waals surface area (Å²) in [5, 5.41) is 14.2. The Hall–Kier alpha value is -3.50. The van der Waals surface area contributed by atoms with Gasteiger partial charge in [0.15, 0.2) is 0 Å². The van der Waals surface area contributed by atoms with Gasteiger partial charge in [-0.2, -0.15) is 0 Å². The van der Waals surface area contributed by atoms with Crippen LogP contribution < -0.4 is 21.3 Å². The lowest BCUT2D eigenvalue weighted by atomic mass is 10.1. The number of aromatic nitrogens is 1. The molecule has 2 heterocycles. The highest BCUT2D eigenvalue weighted by atomic mass is 32.2. The van der Waals surface area contributed by atoms with Crippen LogP contribution in [0.15, 0.2) is 64.5 Å². The van der Waals surface area contributed by atoms with Crippen molar-refractivity contribution in [3.05, 3.63) is 77.5 Å². The second-order valence-electron chi connectivity index (χ2n) is 7.81. The van der Waals surface area contributed by atoms with Gasteiger partial charge in [0.05, 0.1) is 12.0 Å². The van der Waals surface area contributed by atoms with E-state index in [2.05, 4.69) is 20.5 Å². The van der Waals surface area contributed by atoms with Crippen LogP contribution in [0.4, 0.5) is 20.3 Å². The average molecular weight is 483 g/mol. The lowest BCUT2D eigenvalue weighted by Gasteiger charge is -2.29. The fraction of sp³-hybridized carbons (Fsp3) is 0.208. The Morgan fingerprint density at radius 2 is 1.76 bits per heavy atom. The van der Waals surface area contributed by atoms with Gasteiger partial charge in [-0.1, -0.05) is 23.9 Å². The Bertz CT molecular complexity index is 1180. The zero-order valence-corrected chi connectivity index (χ0v) is 19.1. The first-order valence-electron chi connectivity index (χ1n) is 10.7. The number of nitrogens with two attached hydrogens (primary N) is 1. The van der Waals surface area contributed by atoms with Crippen molar-refractivity contribution < 1.29 is 13.6 Å². The third-order valence-corrected chi connectivity index (χ3v) is 6.21. The van der Waals surface area contributed by atoms with Gasteiger partial charge in [-0.15, -0.1) is 0 Å². The Kier molecular flexibility index (Phi) is 7.39. The summed E-state index contributed by atoms with van der Waals surface area (Å²) in [5.41, 5.74) is 8.07. The number of nitrogens with zero attached hydrogens (tertiary/aromatic N) is 2. The molecule has 1 aliphatic rings. The molecular formula is C24H24F2N6OS. The first kappa shape index (κ1) is 23.7. The van der Waals surface area contributed by atoms with Crippen LogP contribution in [-0.2, 0) is 11.2 Å². The summed E-state index contributed by atoms with van der Waals surface area (Å²) in [7, 11) is 0. The standard InChI is InChI=1S/C24H24F2N6OS/c25-16-10-17(26)12-19(11-16)34-20-13-21(23(27)30-14-20)24(28)31-22(33)9-15-1-3-18(4-2-15)32-7-5-29-6-8-32/h1-4,10-14,29H,5-9H2,(H2,27,30)(H2,28,31,33). The minimum Gasteiger partial charge on any atom is -0.383 e. The van der Waals surface area contributed by atoms with E-state index in [1.807, 2.05) is 24.3 Å². The number of anilines is 2. The van der Waals surface area contributed by atoms with E-state index >= 15 is 0 Å². The summed E-state index contributed by atoms with van der Waals surface area (Å²) in [6.45, 7) is 3.78. The first-order valence-corrected chi connectivity index (χ1v) is 11.5. The fourth-order valence-corrected chi connectivity index (χ4v) is 4.52. The third-order valence-electron chi connectivity index (χ3n) is 5.28. The molecule has 0 spiro atoms. The maximum atomic E-state index is 13.5. The maximum Gasteiger partial charge on any atom is 0.229 e. The molecule has 10 heteroatoms. The van der Waals surface area contributed by atoms with Gasteiger partial charge in [0, 0.05) is 53.9 Å². The number of hydrogen-bond acceptors (Lipinski definition) is 7. The second kappa shape index (κ2) is 10.6. The normalized spacial score (nSPS) is 13.5. The molecule has 0 atom stereocenters. The number of carbonyl (C=O) groups is 1. The maximum absolute atomic E-state index is 13.5. The summed E-state index contributed by atoms with van der Waals surface area (Å²) in [5.74, 6) is -1.86. The number of piperazine rings is 1. The van der Waals surface area contributed by atoms with Crippen LogP contribution in [0.3, 0.4) is 0 Å². The molecule has 1 amide bonds. The Labute approximate surface area is 200 Å². The van der Waals surface area contributed by atoms with Crippen LogP contribution in [0.5, 0.6) is 0 Å². The van der Waals surface area contributed by atoms with Crippen LogP contribution in [-0.4, -0.2) is 42.9 Å². The van der Waals surface area contributed by atoms with Crippen molar-refractivity contribution in [1.29, 1.82) is 5.41 Å². The molecule has 1 aliphatic heterocycles. The first-order chi connectivity index (χ1) is 16.4. The van der Waals surface area contributed by atoms with E-state index < -0.39 is 11.6 Å². The zero-order chi connectivity index (χ0) is 24.1. The molecule has 1 saturated heterocycles. The van der Waals surface area contributed by atoms with Gasteiger partial charge in [-0.05, 0) is 35.9 Å². The van der Waals surface area contributed by atoms with E-state index in [0.29, 0.717) is 9.79 Å². The molecule has 4 rings (SSSR count). The molecule has 7 nitrogen and oxygen atoms in total. The molecule has 2 aromatic carbocycles. The van der Waals surface area contributed by atoms with Crippen molar-refractivity contribution in [1.82, 2.24) is 15.6 Å². The van der Waals surface area contributed by atoms with Gasteiger partial charge in [0.2, 0.25) is 5.91 Å². The largest absolute Gasteiger partial charge is 0.383 e. The van der Waals surface area contributed by atoms with Gasteiger partial charge in [0.25, 0.3) is 0 Å². The zero-order valence-electron chi connectivity index (χ0n) is 18.3. The number of benzene rings is 2. The van der Waals surface area contributed by atoms with E-state index in [9.17, 15) is 13.6 Å². The summed E-state index contributed by atoms with van der Waals surface area (Å²) in [4.78, 5) is 19.7. The Morgan fingerprint density at radius 1 is 1.09 bits per heavy atom. The van der Waals surface area contributed by atoms with Crippen molar-refractivity contribution in [2.75, 3.05) is 36.8 Å². The molecule has 3 aromatic rings. The van der Waals surface area contributed by atoms with Crippen molar-refractivity contribution in [2.45, 2.75) is 16.2 Å². The van der Waals surface area contributed by atoms with E-state index in [4.69, 9.17) is 11.1 Å². The summed E-state index contributed by atoms with van der Waals surface area (Å²) < 4.78 is 26.9. The van der Waals surface area contributed by atoms with Crippen LogP contribution in [0.2, 0.25) is 0 Å². The van der Waals surface area contributed by atoms with Crippen molar-refractivity contribution in [2.24, 2.45) is 0 Å². The quantitative estimate of drug-likeness (QED) is 0.318. The number of nitrogens with one attached hydrogen (secondary N) is 3. The predicted molar refractivity (Wildman–Crippen MR) is 129 cm³/mol. The highest BCUT2D eigenvalue weighted by Gasteiger charge is 2.14. The van der Waals surface area contributed by atoms with E-state index in [-0.39, 0.29) is 29.5 Å². The number of amides is 1. The molecular weight excluding hydrogens is 458 g/mol. The molecule has 0 radical (unpaired) electrons. The predicted octanol–water partition coefficient (Wildman–Crippen LogP) is 3.19. The van der Waals surface area contributed by atoms with Gasteiger partial charge in [-0.25, -0.2) is 13.8 Å². The third kappa shape index (κ3) is 6.09. The second-order valence-corrected chi connectivity index (χ2v) is 8.96. The lowest BCUT2D eigenvalue weighted by molar-refractivity contribution is -0.119. The van der Waals surface area contributed by atoms with Crippen LogP contribution in [0.1, 0.15) is 11.1 Å². The number of halogens is 2. The van der Waals surface area contributed by atoms with Crippen LogP contribution in [0.25, 0.3) is 0 Å². The minimum absolute atomic E-state index is 0.0699. The van der Waals surface area contributed by atoms with Crippen LogP contribution in [0, 0.1) is 17.0 Å². The average Bonchev–Trinajstić information content (AvgIpc) is 2.80. The topological polar surface area (TPSA) is 107 Å². The minimum atomic E-state index is -0.688. The molecule has 5 N–H and O–H groups in total. The number of carbonyl (C=O) groups excluding carboxylic acids is 1. The number of pyridine rings is 1. The van der Waals surface area contributed by atoms with Crippen molar-refractivity contribution in [3.63, 3.8) is 0 Å². The smallest absolute Gasteiger partial charge is 0.229 e. The Balaban J connectivity index is 1.38. The highest BCUT2D eigenvalue weighted by molar-refractivity contribution is 7.99. The SMILES string of the molecule is N=C(NC(=O)Cc1ccc(N2CCNCC2)cc1)c1cc(Sc2cc(F)cc(F)c2)cnc1N. The summed E-state index contributed by atoms with van der Waals surface area (Å²) >= 11 is 1.08. The van der Waals surface area contributed by atoms with Crippen molar-refractivity contribution >= 4 is 35.0 Å². The van der Waals surface area contributed by atoms with Gasteiger partial charge < -0.3 is 21.3 Å². The molecule has 0 saturated carbocycles. The van der Waals surface area contributed by atoms with Gasteiger partial charge >= 0.3 is 0 Å².